The third kappa shape index (κ3) is 2.73. The highest BCUT2D eigenvalue weighted by Gasteiger charge is 2.43. The fraction of sp³-hybridized carbons (Fsp3) is 0.500. The SMILES string of the molecule is CC1OC(Oc2ccccc2[N+](=O)[O-])C(O)C(O)C1O. The summed E-state index contributed by atoms with van der Waals surface area (Å²) in [6.07, 6.45) is -6.30. The number of nitro benzene ring substituents is 1. The van der Waals surface area contributed by atoms with Gasteiger partial charge in [-0.1, -0.05) is 12.1 Å². The lowest BCUT2D eigenvalue weighted by molar-refractivity contribution is -0.387. The zero-order valence-corrected chi connectivity index (χ0v) is 10.6. The molecule has 2 rings (SSSR count). The highest BCUT2D eigenvalue weighted by atomic mass is 16.7. The van der Waals surface area contributed by atoms with Crippen LogP contribution in [0.25, 0.3) is 0 Å². The summed E-state index contributed by atoms with van der Waals surface area (Å²) in [5.74, 6) is -0.0858. The van der Waals surface area contributed by atoms with Crippen LogP contribution in [0.3, 0.4) is 0 Å². The molecular weight excluding hydrogens is 270 g/mol. The Morgan fingerprint density at radius 2 is 1.85 bits per heavy atom. The number of hydrogen-bond acceptors (Lipinski definition) is 7. The summed E-state index contributed by atoms with van der Waals surface area (Å²) in [7, 11) is 0. The number of ether oxygens (including phenoxy) is 2. The normalized spacial score (nSPS) is 33.7. The van der Waals surface area contributed by atoms with Gasteiger partial charge < -0.3 is 24.8 Å². The smallest absolute Gasteiger partial charge is 0.311 e. The van der Waals surface area contributed by atoms with E-state index in [1.165, 1.54) is 31.2 Å². The van der Waals surface area contributed by atoms with Gasteiger partial charge in [-0.2, -0.15) is 0 Å². The number of nitrogens with zero attached hydrogens (tertiary/aromatic N) is 1. The molecule has 110 valence electrons. The summed E-state index contributed by atoms with van der Waals surface area (Å²) in [4.78, 5) is 10.2. The molecule has 3 N–H and O–H groups in total. The van der Waals surface area contributed by atoms with Crippen molar-refractivity contribution in [1.82, 2.24) is 0 Å². The number of hydrogen-bond donors (Lipinski definition) is 3. The van der Waals surface area contributed by atoms with E-state index in [1.54, 1.807) is 0 Å². The number of aliphatic hydroxyl groups is 3. The number of benzene rings is 1. The molecule has 5 unspecified atom stereocenters. The fourth-order valence-electron chi connectivity index (χ4n) is 1.94. The van der Waals surface area contributed by atoms with Crippen LogP contribution in [-0.4, -0.2) is 50.9 Å². The summed E-state index contributed by atoms with van der Waals surface area (Å²) in [6.45, 7) is 1.50. The van der Waals surface area contributed by atoms with Gasteiger partial charge in [-0.15, -0.1) is 0 Å². The Morgan fingerprint density at radius 3 is 2.50 bits per heavy atom. The van der Waals surface area contributed by atoms with Gasteiger partial charge in [0.1, 0.15) is 18.3 Å². The van der Waals surface area contributed by atoms with Gasteiger partial charge in [-0.25, -0.2) is 0 Å². The quantitative estimate of drug-likeness (QED) is 0.519. The van der Waals surface area contributed by atoms with Crippen molar-refractivity contribution in [1.29, 1.82) is 0 Å². The van der Waals surface area contributed by atoms with Crippen LogP contribution in [0.5, 0.6) is 5.75 Å². The van der Waals surface area contributed by atoms with Crippen LogP contribution < -0.4 is 4.74 Å². The van der Waals surface area contributed by atoms with Crippen LogP contribution >= 0.6 is 0 Å². The Kier molecular flexibility index (Phi) is 4.19. The van der Waals surface area contributed by atoms with E-state index in [0.29, 0.717) is 0 Å². The maximum absolute atomic E-state index is 10.9. The second kappa shape index (κ2) is 5.71. The van der Waals surface area contributed by atoms with E-state index in [4.69, 9.17) is 9.47 Å². The largest absolute Gasteiger partial charge is 0.455 e. The molecule has 1 heterocycles. The van der Waals surface area contributed by atoms with Crippen molar-refractivity contribution in [2.75, 3.05) is 0 Å². The van der Waals surface area contributed by atoms with Crippen LogP contribution in [0.4, 0.5) is 5.69 Å². The summed E-state index contributed by atoms with van der Waals surface area (Å²) in [6, 6.07) is 5.62. The van der Waals surface area contributed by atoms with Crippen molar-refractivity contribution in [3.8, 4) is 5.75 Å². The van der Waals surface area contributed by atoms with Gasteiger partial charge in [0.25, 0.3) is 0 Å². The maximum Gasteiger partial charge on any atom is 0.311 e. The maximum atomic E-state index is 10.9. The lowest BCUT2D eigenvalue weighted by atomic mass is 10.00. The van der Waals surface area contributed by atoms with Gasteiger partial charge in [-0.3, -0.25) is 10.1 Å². The van der Waals surface area contributed by atoms with Crippen LogP contribution in [0.1, 0.15) is 6.92 Å². The molecule has 1 aliphatic heterocycles. The summed E-state index contributed by atoms with van der Waals surface area (Å²) in [5.41, 5.74) is -0.281. The molecular formula is C12H15NO7. The van der Waals surface area contributed by atoms with E-state index < -0.39 is 35.6 Å². The monoisotopic (exact) mass is 285 g/mol. The number of rotatable bonds is 3. The first-order valence-electron chi connectivity index (χ1n) is 6.01. The predicted molar refractivity (Wildman–Crippen MR) is 66.1 cm³/mol. The Morgan fingerprint density at radius 1 is 1.20 bits per heavy atom. The summed E-state index contributed by atoms with van der Waals surface area (Å²) in [5, 5.41) is 39.8. The first kappa shape index (κ1) is 14.7. The third-order valence-corrected chi connectivity index (χ3v) is 3.11. The van der Waals surface area contributed by atoms with Gasteiger partial charge in [0, 0.05) is 6.07 Å². The number of nitro groups is 1. The van der Waals surface area contributed by atoms with Crippen molar-refractivity contribution < 1.29 is 29.7 Å². The second-order valence-electron chi connectivity index (χ2n) is 4.52. The molecule has 20 heavy (non-hydrogen) atoms. The van der Waals surface area contributed by atoms with Crippen molar-refractivity contribution >= 4 is 5.69 Å². The van der Waals surface area contributed by atoms with Crippen molar-refractivity contribution in [2.45, 2.75) is 37.6 Å². The van der Waals surface area contributed by atoms with E-state index in [0.717, 1.165) is 0 Å². The molecule has 0 amide bonds. The van der Waals surface area contributed by atoms with Gasteiger partial charge in [0.05, 0.1) is 11.0 Å². The molecule has 1 saturated heterocycles. The molecule has 8 heteroatoms. The Hall–Kier alpha value is -1.74. The molecule has 0 aliphatic carbocycles. The average molecular weight is 285 g/mol. The Bertz CT molecular complexity index is 494. The van der Waals surface area contributed by atoms with E-state index in [-0.39, 0.29) is 11.4 Å². The van der Waals surface area contributed by atoms with Crippen LogP contribution in [0.2, 0.25) is 0 Å². The first-order valence-corrected chi connectivity index (χ1v) is 6.01. The molecule has 1 fully saturated rings. The van der Waals surface area contributed by atoms with Gasteiger partial charge in [0.15, 0.2) is 5.75 Å². The lowest BCUT2D eigenvalue weighted by Gasteiger charge is -2.38. The summed E-state index contributed by atoms with van der Waals surface area (Å²) < 4.78 is 10.5. The van der Waals surface area contributed by atoms with E-state index >= 15 is 0 Å². The molecule has 1 aliphatic rings. The van der Waals surface area contributed by atoms with Gasteiger partial charge >= 0.3 is 5.69 Å². The number of para-hydroxylation sites is 2. The molecule has 8 nitrogen and oxygen atoms in total. The molecule has 1 aromatic carbocycles. The highest BCUT2D eigenvalue weighted by Crippen LogP contribution is 2.30. The first-order chi connectivity index (χ1) is 9.41. The highest BCUT2D eigenvalue weighted by molar-refractivity contribution is 5.45. The molecule has 0 spiro atoms. The van der Waals surface area contributed by atoms with Gasteiger partial charge in [-0.05, 0) is 13.0 Å². The zero-order chi connectivity index (χ0) is 14.9. The molecule has 0 saturated carbocycles. The topological polar surface area (TPSA) is 122 Å². The second-order valence-corrected chi connectivity index (χ2v) is 4.52. The fourth-order valence-corrected chi connectivity index (χ4v) is 1.94. The van der Waals surface area contributed by atoms with Crippen molar-refractivity contribution in [3.63, 3.8) is 0 Å². The number of aliphatic hydroxyl groups excluding tert-OH is 3. The van der Waals surface area contributed by atoms with E-state index in [2.05, 4.69) is 0 Å². The van der Waals surface area contributed by atoms with E-state index in [1.807, 2.05) is 0 Å². The standard InChI is InChI=1S/C12H15NO7/c1-6-9(14)10(15)11(16)12(19-6)20-8-5-3-2-4-7(8)13(17)18/h2-6,9-12,14-16H,1H3. The van der Waals surface area contributed by atoms with Crippen LogP contribution in [-0.2, 0) is 4.74 Å². The minimum Gasteiger partial charge on any atom is -0.455 e. The van der Waals surface area contributed by atoms with Crippen molar-refractivity contribution in [2.24, 2.45) is 0 Å². The van der Waals surface area contributed by atoms with Crippen molar-refractivity contribution in [3.05, 3.63) is 34.4 Å². The minimum absolute atomic E-state index is 0.0858. The van der Waals surface area contributed by atoms with Crippen LogP contribution in [0.15, 0.2) is 24.3 Å². The van der Waals surface area contributed by atoms with E-state index in [9.17, 15) is 25.4 Å². The molecule has 5 atom stereocenters. The Labute approximate surface area is 114 Å². The zero-order valence-electron chi connectivity index (χ0n) is 10.6. The summed E-state index contributed by atoms with van der Waals surface area (Å²) >= 11 is 0. The lowest BCUT2D eigenvalue weighted by Crippen LogP contribution is -2.58. The molecule has 1 aromatic rings. The molecule has 0 bridgehead atoms. The van der Waals surface area contributed by atoms with Gasteiger partial charge in [0.2, 0.25) is 6.29 Å². The molecule has 0 aromatic heterocycles. The van der Waals surface area contributed by atoms with Crippen LogP contribution in [0, 0.1) is 10.1 Å². The molecule has 0 radical (unpaired) electrons. The third-order valence-electron chi connectivity index (χ3n) is 3.11. The average Bonchev–Trinajstić information content (AvgIpc) is 2.43. The minimum atomic E-state index is -1.51. The predicted octanol–water partition coefficient (Wildman–Crippen LogP) is -0.199. The Balaban J connectivity index is 2.20.